The number of ether oxygens (including phenoxy) is 1. The number of hydrogen-bond donors (Lipinski definition) is 1. The van der Waals surface area contributed by atoms with E-state index in [1.807, 2.05) is 0 Å². The Labute approximate surface area is 132 Å². The number of aryl methyl sites for hydroxylation is 1. The molecule has 21 heavy (non-hydrogen) atoms. The van der Waals surface area contributed by atoms with Gasteiger partial charge in [-0.2, -0.15) is 0 Å². The average Bonchev–Trinajstić information content (AvgIpc) is 2.77. The van der Waals surface area contributed by atoms with E-state index in [4.69, 9.17) is 9.84 Å². The number of carbonyl (C=O) groups is 1. The van der Waals surface area contributed by atoms with Gasteiger partial charge in [-0.05, 0) is 19.1 Å². The van der Waals surface area contributed by atoms with Gasteiger partial charge in [-0.15, -0.1) is 11.3 Å². The fraction of sp³-hybridized carbons (Fsp3) is 0.154. The molecule has 0 atom stereocenters. The molecule has 0 aliphatic carbocycles. The standard InChI is InChI=1S/C13H10BrNO5S/c1-7-8(2-12(21-7)13(16)17)6-20-11-4-9(14)3-10(5-11)15(18)19/h2-5H,6H2,1H3,(H,16,17). The van der Waals surface area contributed by atoms with E-state index in [1.165, 1.54) is 23.5 Å². The number of thiophene rings is 1. The van der Waals surface area contributed by atoms with Gasteiger partial charge in [-0.3, -0.25) is 10.1 Å². The second-order valence-electron chi connectivity index (χ2n) is 4.19. The predicted molar refractivity (Wildman–Crippen MR) is 81.1 cm³/mol. The molecule has 0 radical (unpaired) electrons. The number of nitro benzene ring substituents is 1. The van der Waals surface area contributed by atoms with Crippen molar-refractivity contribution in [3.05, 3.63) is 54.2 Å². The van der Waals surface area contributed by atoms with Gasteiger partial charge in [0.05, 0.1) is 11.0 Å². The lowest BCUT2D eigenvalue weighted by molar-refractivity contribution is -0.385. The van der Waals surface area contributed by atoms with Crippen molar-refractivity contribution in [3.63, 3.8) is 0 Å². The Morgan fingerprint density at radius 2 is 2.14 bits per heavy atom. The molecule has 110 valence electrons. The van der Waals surface area contributed by atoms with E-state index < -0.39 is 10.9 Å². The Hall–Kier alpha value is -1.93. The highest BCUT2D eigenvalue weighted by molar-refractivity contribution is 9.10. The lowest BCUT2D eigenvalue weighted by Gasteiger charge is -2.06. The maximum atomic E-state index is 10.9. The largest absolute Gasteiger partial charge is 0.489 e. The summed E-state index contributed by atoms with van der Waals surface area (Å²) in [6.45, 7) is 1.96. The molecule has 0 unspecified atom stereocenters. The van der Waals surface area contributed by atoms with Crippen molar-refractivity contribution < 1.29 is 19.6 Å². The summed E-state index contributed by atoms with van der Waals surface area (Å²) in [6.07, 6.45) is 0. The second kappa shape index (κ2) is 6.23. The highest BCUT2D eigenvalue weighted by Gasteiger charge is 2.13. The van der Waals surface area contributed by atoms with Crippen LogP contribution in [-0.2, 0) is 6.61 Å². The van der Waals surface area contributed by atoms with E-state index in [0.29, 0.717) is 10.2 Å². The van der Waals surface area contributed by atoms with Crippen LogP contribution in [0.15, 0.2) is 28.7 Å². The van der Waals surface area contributed by atoms with E-state index in [1.54, 1.807) is 19.1 Å². The molecule has 1 aromatic heterocycles. The third kappa shape index (κ3) is 3.79. The lowest BCUT2D eigenvalue weighted by atomic mass is 10.2. The van der Waals surface area contributed by atoms with E-state index >= 15 is 0 Å². The minimum Gasteiger partial charge on any atom is -0.489 e. The molecular formula is C13H10BrNO5S. The number of non-ortho nitro benzene ring substituents is 1. The summed E-state index contributed by atoms with van der Waals surface area (Å²) < 4.78 is 6.06. The Kier molecular flexibility index (Phi) is 4.59. The zero-order valence-corrected chi connectivity index (χ0v) is 13.2. The molecule has 2 aromatic rings. The molecule has 8 heteroatoms. The van der Waals surface area contributed by atoms with Crippen molar-refractivity contribution in [2.45, 2.75) is 13.5 Å². The van der Waals surface area contributed by atoms with Gasteiger partial charge in [0, 0.05) is 21.0 Å². The van der Waals surface area contributed by atoms with Gasteiger partial charge in [0.25, 0.3) is 5.69 Å². The van der Waals surface area contributed by atoms with Crippen LogP contribution >= 0.6 is 27.3 Å². The molecule has 1 heterocycles. The molecule has 0 spiro atoms. The van der Waals surface area contributed by atoms with Gasteiger partial charge in [-0.25, -0.2) is 4.79 Å². The van der Waals surface area contributed by atoms with Crippen LogP contribution in [-0.4, -0.2) is 16.0 Å². The van der Waals surface area contributed by atoms with Gasteiger partial charge < -0.3 is 9.84 Å². The molecule has 6 nitrogen and oxygen atoms in total. The molecule has 2 rings (SSSR count). The van der Waals surface area contributed by atoms with Crippen LogP contribution in [0.5, 0.6) is 5.75 Å². The van der Waals surface area contributed by atoms with Crippen molar-refractivity contribution in [2.75, 3.05) is 0 Å². The van der Waals surface area contributed by atoms with E-state index in [-0.39, 0.29) is 17.2 Å². The van der Waals surface area contributed by atoms with Crippen LogP contribution in [0.25, 0.3) is 0 Å². The Morgan fingerprint density at radius 1 is 1.43 bits per heavy atom. The number of nitrogens with zero attached hydrogens (tertiary/aromatic N) is 1. The maximum absolute atomic E-state index is 10.9. The number of carboxylic acids is 1. The summed E-state index contributed by atoms with van der Waals surface area (Å²) in [5.74, 6) is -0.633. The number of halogens is 1. The number of nitro groups is 1. The fourth-order valence-corrected chi connectivity index (χ4v) is 2.99. The molecule has 0 saturated carbocycles. The second-order valence-corrected chi connectivity index (χ2v) is 6.36. The Balaban J connectivity index is 2.16. The van der Waals surface area contributed by atoms with E-state index in [9.17, 15) is 14.9 Å². The molecule has 0 fully saturated rings. The van der Waals surface area contributed by atoms with Crippen molar-refractivity contribution in [1.82, 2.24) is 0 Å². The average molecular weight is 372 g/mol. The highest BCUT2D eigenvalue weighted by atomic mass is 79.9. The summed E-state index contributed by atoms with van der Waals surface area (Å²) in [5, 5.41) is 19.7. The van der Waals surface area contributed by atoms with Gasteiger partial charge in [0.2, 0.25) is 0 Å². The third-order valence-corrected chi connectivity index (χ3v) is 4.23. The van der Waals surface area contributed by atoms with Crippen molar-refractivity contribution in [3.8, 4) is 5.75 Å². The number of carboxylic acid groups (broad SMARTS) is 1. The number of rotatable bonds is 5. The maximum Gasteiger partial charge on any atom is 0.345 e. The number of hydrogen-bond acceptors (Lipinski definition) is 5. The van der Waals surface area contributed by atoms with Crippen LogP contribution in [0.3, 0.4) is 0 Å². The molecule has 0 saturated heterocycles. The van der Waals surface area contributed by atoms with Crippen LogP contribution in [0.4, 0.5) is 5.69 Å². The monoisotopic (exact) mass is 371 g/mol. The zero-order valence-electron chi connectivity index (χ0n) is 10.8. The summed E-state index contributed by atoms with van der Waals surface area (Å²) in [7, 11) is 0. The van der Waals surface area contributed by atoms with E-state index in [0.717, 1.165) is 10.4 Å². The SMILES string of the molecule is Cc1sc(C(=O)O)cc1COc1cc(Br)cc([N+](=O)[O-])c1. The summed E-state index contributed by atoms with van der Waals surface area (Å²) in [5.41, 5.74) is 0.674. The minimum atomic E-state index is -0.979. The third-order valence-electron chi connectivity index (χ3n) is 2.69. The summed E-state index contributed by atoms with van der Waals surface area (Å²) in [4.78, 5) is 22.3. The first-order valence-corrected chi connectivity index (χ1v) is 7.38. The Morgan fingerprint density at radius 3 is 2.71 bits per heavy atom. The molecular weight excluding hydrogens is 362 g/mol. The van der Waals surface area contributed by atoms with Gasteiger partial charge in [0.15, 0.2) is 0 Å². The quantitative estimate of drug-likeness (QED) is 0.633. The van der Waals surface area contributed by atoms with E-state index in [2.05, 4.69) is 15.9 Å². The molecule has 0 bridgehead atoms. The van der Waals surface area contributed by atoms with Crippen molar-refractivity contribution in [2.24, 2.45) is 0 Å². The number of aromatic carboxylic acids is 1. The Bertz CT molecular complexity index is 713. The van der Waals surface area contributed by atoms with Crippen LogP contribution < -0.4 is 4.74 Å². The van der Waals surface area contributed by atoms with Crippen LogP contribution in [0.2, 0.25) is 0 Å². The summed E-state index contributed by atoms with van der Waals surface area (Å²) >= 11 is 4.36. The van der Waals surface area contributed by atoms with Crippen LogP contribution in [0.1, 0.15) is 20.1 Å². The van der Waals surface area contributed by atoms with Gasteiger partial charge in [0.1, 0.15) is 17.2 Å². The highest BCUT2D eigenvalue weighted by Crippen LogP contribution is 2.28. The molecule has 1 N–H and O–H groups in total. The van der Waals surface area contributed by atoms with Crippen LogP contribution in [0, 0.1) is 17.0 Å². The van der Waals surface area contributed by atoms with Crippen molar-refractivity contribution in [1.29, 1.82) is 0 Å². The normalized spacial score (nSPS) is 10.4. The first kappa shape index (κ1) is 15.5. The smallest absolute Gasteiger partial charge is 0.345 e. The lowest BCUT2D eigenvalue weighted by Crippen LogP contribution is -1.97. The molecule has 0 aliphatic heterocycles. The van der Waals surface area contributed by atoms with Crippen molar-refractivity contribution >= 4 is 38.9 Å². The summed E-state index contributed by atoms with van der Waals surface area (Å²) in [6, 6.07) is 5.87. The zero-order chi connectivity index (χ0) is 15.6. The predicted octanol–water partition coefficient (Wildman–Crippen LogP) is 4.00. The van der Waals surface area contributed by atoms with Gasteiger partial charge in [-0.1, -0.05) is 15.9 Å². The first-order valence-electron chi connectivity index (χ1n) is 5.77. The minimum absolute atomic E-state index is 0.0763. The first-order chi connectivity index (χ1) is 9.86. The topological polar surface area (TPSA) is 89.7 Å². The molecule has 0 aliphatic rings. The molecule has 1 aromatic carbocycles. The van der Waals surface area contributed by atoms with Gasteiger partial charge >= 0.3 is 5.97 Å². The fourth-order valence-electron chi connectivity index (χ4n) is 1.67. The molecule has 0 amide bonds. The number of benzene rings is 1.